The molecule has 1 nitrogen and oxygen atoms in total. The monoisotopic (exact) mass is 249 g/mol. The third-order valence-electron chi connectivity index (χ3n) is 5.01. The molecule has 1 N–H and O–H groups in total. The van der Waals surface area contributed by atoms with Crippen molar-refractivity contribution in [1.29, 1.82) is 0 Å². The summed E-state index contributed by atoms with van der Waals surface area (Å²) in [7, 11) is 1.99. The lowest BCUT2D eigenvalue weighted by atomic mass is 9.77. The molecule has 2 aromatic carbocycles. The maximum atomic E-state index is 3.27. The summed E-state index contributed by atoms with van der Waals surface area (Å²) in [6.45, 7) is 0. The second-order valence-corrected chi connectivity index (χ2v) is 5.85. The maximum absolute atomic E-state index is 3.27. The van der Waals surface area contributed by atoms with Gasteiger partial charge in [-0.1, -0.05) is 43.2 Å². The minimum atomic E-state index is 0.318. The van der Waals surface area contributed by atoms with Crippen LogP contribution in [-0.2, 0) is 5.41 Å². The first kappa shape index (κ1) is 11.1. The van der Waals surface area contributed by atoms with Gasteiger partial charge in [0.25, 0.3) is 0 Å². The largest absolute Gasteiger partial charge is 0.388 e. The van der Waals surface area contributed by atoms with Gasteiger partial charge >= 0.3 is 0 Å². The lowest BCUT2D eigenvalue weighted by Gasteiger charge is -2.26. The number of rotatable bonds is 1. The molecule has 1 fully saturated rings. The van der Waals surface area contributed by atoms with Crippen molar-refractivity contribution in [1.82, 2.24) is 0 Å². The van der Waals surface area contributed by atoms with Crippen LogP contribution in [0.1, 0.15) is 36.8 Å². The predicted molar refractivity (Wildman–Crippen MR) is 80.7 cm³/mol. The van der Waals surface area contributed by atoms with Crippen LogP contribution < -0.4 is 5.32 Å². The molecular weight excluding hydrogens is 230 g/mol. The van der Waals surface area contributed by atoms with Crippen molar-refractivity contribution in [2.45, 2.75) is 31.1 Å². The molecule has 96 valence electrons. The highest BCUT2D eigenvalue weighted by Gasteiger charge is 2.44. The summed E-state index contributed by atoms with van der Waals surface area (Å²) in [5.74, 6) is 0. The van der Waals surface area contributed by atoms with Crippen LogP contribution in [0.2, 0.25) is 0 Å². The first-order chi connectivity index (χ1) is 9.35. The van der Waals surface area contributed by atoms with E-state index in [0.29, 0.717) is 5.41 Å². The van der Waals surface area contributed by atoms with Gasteiger partial charge in [0.05, 0.1) is 0 Å². The lowest BCUT2D eigenvalue weighted by molar-refractivity contribution is 0.550. The molecule has 19 heavy (non-hydrogen) atoms. The molecule has 0 radical (unpaired) electrons. The molecule has 1 heteroatoms. The van der Waals surface area contributed by atoms with Crippen molar-refractivity contribution in [2.75, 3.05) is 12.4 Å². The van der Waals surface area contributed by atoms with Gasteiger partial charge in [-0.25, -0.2) is 0 Å². The van der Waals surface area contributed by atoms with Crippen LogP contribution in [-0.4, -0.2) is 7.05 Å². The fourth-order valence-corrected chi connectivity index (χ4v) is 4.14. The number of benzene rings is 2. The van der Waals surface area contributed by atoms with E-state index in [2.05, 4.69) is 47.8 Å². The molecule has 0 heterocycles. The summed E-state index contributed by atoms with van der Waals surface area (Å²) in [4.78, 5) is 0. The molecule has 0 aromatic heterocycles. The van der Waals surface area contributed by atoms with E-state index < -0.39 is 0 Å². The molecule has 1 spiro atoms. The minimum absolute atomic E-state index is 0.318. The van der Waals surface area contributed by atoms with Crippen molar-refractivity contribution in [2.24, 2.45) is 0 Å². The van der Waals surface area contributed by atoms with Crippen LogP contribution in [0.3, 0.4) is 0 Å². The quantitative estimate of drug-likeness (QED) is 0.780. The molecule has 1 saturated carbocycles. The Kier molecular flexibility index (Phi) is 2.26. The topological polar surface area (TPSA) is 12.0 Å². The molecule has 0 aliphatic heterocycles. The van der Waals surface area contributed by atoms with E-state index in [-0.39, 0.29) is 0 Å². The van der Waals surface area contributed by atoms with Crippen molar-refractivity contribution in [3.05, 3.63) is 53.6 Å². The van der Waals surface area contributed by atoms with E-state index in [1.807, 2.05) is 7.05 Å². The molecule has 0 amide bonds. The zero-order chi connectivity index (χ0) is 12.9. The summed E-state index contributed by atoms with van der Waals surface area (Å²) in [6, 6.07) is 15.9. The zero-order valence-corrected chi connectivity index (χ0v) is 11.4. The fraction of sp³-hybridized carbons (Fsp3) is 0.333. The second-order valence-electron chi connectivity index (χ2n) is 5.85. The van der Waals surface area contributed by atoms with Crippen molar-refractivity contribution < 1.29 is 0 Å². The number of hydrogen-bond donors (Lipinski definition) is 1. The molecule has 2 aromatic rings. The third kappa shape index (κ3) is 1.36. The van der Waals surface area contributed by atoms with Gasteiger partial charge in [0.2, 0.25) is 0 Å². The Morgan fingerprint density at radius 3 is 2.42 bits per heavy atom. The number of nitrogens with one attached hydrogen (secondary N) is 1. The summed E-state index contributed by atoms with van der Waals surface area (Å²) in [5.41, 5.74) is 7.56. The smallest absolute Gasteiger partial charge is 0.0343 e. The average molecular weight is 249 g/mol. The van der Waals surface area contributed by atoms with Crippen LogP contribution in [0.15, 0.2) is 42.5 Å². The average Bonchev–Trinajstić information content (AvgIpc) is 3.06. The summed E-state index contributed by atoms with van der Waals surface area (Å²) < 4.78 is 0. The summed E-state index contributed by atoms with van der Waals surface area (Å²) >= 11 is 0. The molecule has 0 atom stereocenters. The van der Waals surface area contributed by atoms with Crippen LogP contribution in [0, 0.1) is 0 Å². The molecule has 4 rings (SSSR count). The van der Waals surface area contributed by atoms with E-state index in [0.717, 1.165) is 0 Å². The van der Waals surface area contributed by atoms with Gasteiger partial charge in [-0.05, 0) is 47.2 Å². The Morgan fingerprint density at radius 1 is 0.895 bits per heavy atom. The lowest BCUT2D eigenvalue weighted by Crippen LogP contribution is -2.20. The first-order valence-electron chi connectivity index (χ1n) is 7.27. The number of fused-ring (bicyclic) bond motifs is 5. The van der Waals surface area contributed by atoms with E-state index in [9.17, 15) is 0 Å². The van der Waals surface area contributed by atoms with E-state index in [1.54, 1.807) is 11.1 Å². The van der Waals surface area contributed by atoms with Gasteiger partial charge in [-0.2, -0.15) is 0 Å². The molecule has 2 aliphatic carbocycles. The highest BCUT2D eigenvalue weighted by Crippen LogP contribution is 2.56. The van der Waals surface area contributed by atoms with Gasteiger partial charge < -0.3 is 5.32 Å². The fourth-order valence-electron chi connectivity index (χ4n) is 4.14. The Labute approximate surface area is 114 Å². The number of hydrogen-bond acceptors (Lipinski definition) is 1. The van der Waals surface area contributed by atoms with Crippen LogP contribution in [0.25, 0.3) is 11.1 Å². The SMILES string of the molecule is CNc1ccc2c(c1)-c1ccccc1C21CCCC1. The maximum Gasteiger partial charge on any atom is 0.0343 e. The van der Waals surface area contributed by atoms with Gasteiger partial charge in [-0.15, -0.1) is 0 Å². The van der Waals surface area contributed by atoms with Gasteiger partial charge in [0, 0.05) is 18.2 Å². The molecule has 0 bridgehead atoms. The standard InChI is InChI=1S/C18H19N/c1-19-13-8-9-17-15(12-13)14-6-2-3-7-16(14)18(17)10-4-5-11-18/h2-3,6-9,12,19H,4-5,10-11H2,1H3. The predicted octanol–water partition coefficient (Wildman–Crippen LogP) is 4.57. The zero-order valence-electron chi connectivity index (χ0n) is 11.4. The first-order valence-corrected chi connectivity index (χ1v) is 7.27. The van der Waals surface area contributed by atoms with E-state index >= 15 is 0 Å². The van der Waals surface area contributed by atoms with Gasteiger partial charge in [-0.3, -0.25) is 0 Å². The highest BCUT2D eigenvalue weighted by molar-refractivity contribution is 5.83. The van der Waals surface area contributed by atoms with Crippen molar-refractivity contribution in [3.63, 3.8) is 0 Å². The Morgan fingerprint density at radius 2 is 1.63 bits per heavy atom. The summed E-state index contributed by atoms with van der Waals surface area (Å²) in [6.07, 6.45) is 5.36. The number of anilines is 1. The minimum Gasteiger partial charge on any atom is -0.388 e. The Hall–Kier alpha value is -1.76. The molecule has 0 unspecified atom stereocenters. The van der Waals surface area contributed by atoms with Crippen LogP contribution in [0.5, 0.6) is 0 Å². The Balaban J connectivity index is 2.03. The summed E-state index contributed by atoms with van der Waals surface area (Å²) in [5, 5.41) is 3.27. The van der Waals surface area contributed by atoms with E-state index in [1.165, 1.54) is 42.5 Å². The molecular formula is C18H19N. The molecule has 2 aliphatic rings. The Bertz CT molecular complexity index is 636. The molecule has 0 saturated heterocycles. The van der Waals surface area contributed by atoms with Crippen LogP contribution in [0.4, 0.5) is 5.69 Å². The van der Waals surface area contributed by atoms with Crippen molar-refractivity contribution >= 4 is 5.69 Å². The normalized spacial score (nSPS) is 18.4. The van der Waals surface area contributed by atoms with Crippen molar-refractivity contribution in [3.8, 4) is 11.1 Å². The van der Waals surface area contributed by atoms with Gasteiger partial charge in [0.1, 0.15) is 0 Å². The van der Waals surface area contributed by atoms with E-state index in [4.69, 9.17) is 0 Å². The highest BCUT2D eigenvalue weighted by atomic mass is 14.8. The van der Waals surface area contributed by atoms with Gasteiger partial charge in [0.15, 0.2) is 0 Å². The second kappa shape index (κ2) is 3.86. The third-order valence-corrected chi connectivity index (χ3v) is 5.01. The van der Waals surface area contributed by atoms with Crippen LogP contribution >= 0.6 is 0 Å².